The van der Waals surface area contributed by atoms with Gasteiger partial charge in [-0.1, -0.05) is 0 Å². The molecular weight excluding hydrogens is 134 g/mol. The van der Waals surface area contributed by atoms with Crippen molar-refractivity contribution in [2.24, 2.45) is 0 Å². The summed E-state index contributed by atoms with van der Waals surface area (Å²) in [6, 6.07) is 0. The van der Waals surface area contributed by atoms with Gasteiger partial charge >= 0.3 is 5.97 Å². The van der Waals surface area contributed by atoms with Crippen LogP contribution in [0.5, 0.6) is 0 Å². The van der Waals surface area contributed by atoms with Gasteiger partial charge < -0.3 is 5.11 Å². The maximum atomic E-state index is 11.2. The molecule has 0 aliphatic heterocycles. The van der Waals surface area contributed by atoms with E-state index in [-0.39, 0.29) is 0 Å². The Balaban J connectivity index is 3.64. The summed E-state index contributed by atoms with van der Waals surface area (Å²) in [5, 5.41) is 7.78. The molecule has 0 atom stereocenters. The zero-order valence-electron chi connectivity index (χ0n) is 4.30. The second-order valence-electron chi connectivity index (χ2n) is 1.34. The fourth-order valence-corrected chi connectivity index (χ4v) is 0.226. The van der Waals surface area contributed by atoms with E-state index in [0.29, 0.717) is 0 Å². The highest BCUT2D eigenvalue weighted by Crippen LogP contribution is 1.97. The normalized spacial score (nSPS) is 9.67. The fourth-order valence-electron chi connectivity index (χ4n) is 0.226. The Hall–Kier alpha value is -1.00. The molecule has 0 aliphatic rings. The molecular formula is C4H4F2O3. The topological polar surface area (TPSA) is 54.4 Å². The van der Waals surface area contributed by atoms with Crippen LogP contribution in [0.25, 0.3) is 0 Å². The molecule has 0 aromatic carbocycles. The Morgan fingerprint density at radius 3 is 2.00 bits per heavy atom. The van der Waals surface area contributed by atoms with Gasteiger partial charge in [-0.2, -0.15) is 0 Å². The van der Waals surface area contributed by atoms with Crippen molar-refractivity contribution in [3.8, 4) is 0 Å². The Kier molecular flexibility index (Phi) is 2.77. The summed E-state index contributed by atoms with van der Waals surface area (Å²) >= 11 is 0. The molecule has 1 N–H and O–H groups in total. The van der Waals surface area contributed by atoms with Crippen molar-refractivity contribution in [2.45, 2.75) is 12.8 Å². The highest BCUT2D eigenvalue weighted by molar-refractivity contribution is 5.96. The summed E-state index contributed by atoms with van der Waals surface area (Å²) in [5.41, 5.74) is 0. The third kappa shape index (κ3) is 3.57. The number of carboxylic acids is 1. The van der Waals surface area contributed by atoms with Gasteiger partial charge in [-0.15, -0.1) is 0 Å². The van der Waals surface area contributed by atoms with Crippen molar-refractivity contribution in [1.82, 2.24) is 0 Å². The zero-order valence-corrected chi connectivity index (χ0v) is 4.30. The van der Waals surface area contributed by atoms with E-state index in [1.807, 2.05) is 0 Å². The van der Waals surface area contributed by atoms with Crippen LogP contribution in [-0.2, 0) is 9.59 Å². The predicted molar refractivity (Wildman–Crippen MR) is 23.3 cm³/mol. The standard InChI is InChI=1S/C4H4F2O3/c5-4(6)2(7)1-3(8)9/h4H,1H2,(H,8,9). The number of Topliss-reactive ketones (excluding diaryl/α,β-unsaturated/α-hetero) is 1. The number of hydrogen-bond donors (Lipinski definition) is 1. The number of carbonyl (C=O) groups excluding carboxylic acids is 1. The van der Waals surface area contributed by atoms with Gasteiger partial charge in [0.25, 0.3) is 6.43 Å². The summed E-state index contributed by atoms with van der Waals surface area (Å²) in [4.78, 5) is 19.4. The minimum absolute atomic E-state index is 1.10. The average molecular weight is 138 g/mol. The van der Waals surface area contributed by atoms with Crippen LogP contribution < -0.4 is 0 Å². The first-order chi connectivity index (χ1) is 4.04. The summed E-state index contributed by atoms with van der Waals surface area (Å²) in [6.07, 6.45) is -4.27. The van der Waals surface area contributed by atoms with E-state index in [2.05, 4.69) is 0 Å². The minimum atomic E-state index is -3.17. The molecule has 0 aromatic heterocycles. The van der Waals surface area contributed by atoms with E-state index >= 15 is 0 Å². The lowest BCUT2D eigenvalue weighted by Crippen LogP contribution is -2.14. The van der Waals surface area contributed by atoms with Gasteiger partial charge in [0, 0.05) is 0 Å². The summed E-state index contributed by atoms with van der Waals surface area (Å²) in [5.74, 6) is -3.08. The number of carboxylic acid groups (broad SMARTS) is 1. The number of ketones is 1. The Morgan fingerprint density at radius 1 is 1.44 bits per heavy atom. The Morgan fingerprint density at radius 2 is 1.89 bits per heavy atom. The minimum Gasteiger partial charge on any atom is -0.481 e. The Bertz CT molecular complexity index is 132. The van der Waals surface area contributed by atoms with Crippen LogP contribution >= 0.6 is 0 Å². The zero-order chi connectivity index (χ0) is 7.44. The molecule has 0 aliphatic carbocycles. The molecule has 0 aromatic rings. The SMILES string of the molecule is O=C(O)CC(=O)C(F)F. The van der Waals surface area contributed by atoms with Gasteiger partial charge in [-0.25, -0.2) is 8.78 Å². The van der Waals surface area contributed by atoms with Gasteiger partial charge in [-0.05, 0) is 0 Å². The molecule has 0 radical (unpaired) electrons. The first-order valence-electron chi connectivity index (χ1n) is 2.06. The van der Waals surface area contributed by atoms with Gasteiger partial charge in [0.05, 0.1) is 0 Å². The fraction of sp³-hybridized carbons (Fsp3) is 0.500. The molecule has 0 bridgehead atoms. The lowest BCUT2D eigenvalue weighted by Gasteiger charge is -1.91. The van der Waals surface area contributed by atoms with E-state index in [1.54, 1.807) is 0 Å². The smallest absolute Gasteiger partial charge is 0.311 e. The van der Waals surface area contributed by atoms with Crippen molar-refractivity contribution < 1.29 is 23.5 Å². The van der Waals surface area contributed by atoms with Crippen LogP contribution in [0.3, 0.4) is 0 Å². The van der Waals surface area contributed by atoms with Crippen molar-refractivity contribution in [2.75, 3.05) is 0 Å². The van der Waals surface area contributed by atoms with E-state index in [1.165, 1.54) is 0 Å². The van der Waals surface area contributed by atoms with Crippen LogP contribution in [0.1, 0.15) is 6.42 Å². The molecule has 0 heterocycles. The molecule has 5 heteroatoms. The highest BCUT2D eigenvalue weighted by Gasteiger charge is 2.17. The highest BCUT2D eigenvalue weighted by atomic mass is 19.3. The van der Waals surface area contributed by atoms with Gasteiger partial charge in [0.2, 0.25) is 5.78 Å². The first kappa shape index (κ1) is 8.00. The summed E-state index contributed by atoms with van der Waals surface area (Å²) in [6.45, 7) is 0. The molecule has 0 unspecified atom stereocenters. The van der Waals surface area contributed by atoms with Gasteiger partial charge in [0.15, 0.2) is 0 Å². The maximum absolute atomic E-state index is 11.2. The summed E-state index contributed by atoms with van der Waals surface area (Å²) < 4.78 is 22.4. The molecule has 0 saturated carbocycles. The van der Waals surface area contributed by atoms with Crippen LogP contribution in [0, 0.1) is 0 Å². The van der Waals surface area contributed by atoms with Gasteiger partial charge in [-0.3, -0.25) is 9.59 Å². The van der Waals surface area contributed by atoms with Crippen molar-refractivity contribution in [3.63, 3.8) is 0 Å². The number of hydrogen-bond acceptors (Lipinski definition) is 2. The van der Waals surface area contributed by atoms with E-state index in [4.69, 9.17) is 5.11 Å². The first-order valence-corrected chi connectivity index (χ1v) is 2.06. The third-order valence-corrected chi connectivity index (χ3v) is 0.569. The molecule has 0 saturated heterocycles. The number of alkyl halides is 2. The van der Waals surface area contributed by atoms with Crippen LogP contribution in [0.4, 0.5) is 8.78 Å². The van der Waals surface area contributed by atoms with Crippen molar-refractivity contribution in [3.05, 3.63) is 0 Å². The Labute approximate surface area is 49.3 Å². The predicted octanol–water partition coefficient (Wildman–Crippen LogP) is 0.295. The number of rotatable bonds is 3. The molecule has 0 fully saturated rings. The molecule has 0 amide bonds. The van der Waals surface area contributed by atoms with E-state index < -0.39 is 24.6 Å². The monoisotopic (exact) mass is 138 g/mol. The molecule has 52 valence electrons. The van der Waals surface area contributed by atoms with E-state index in [9.17, 15) is 18.4 Å². The molecule has 0 spiro atoms. The number of carbonyl (C=O) groups is 2. The third-order valence-electron chi connectivity index (χ3n) is 0.569. The second-order valence-corrected chi connectivity index (χ2v) is 1.34. The van der Waals surface area contributed by atoms with Crippen molar-refractivity contribution in [1.29, 1.82) is 0 Å². The molecule has 9 heavy (non-hydrogen) atoms. The van der Waals surface area contributed by atoms with Crippen LogP contribution in [0.2, 0.25) is 0 Å². The summed E-state index contributed by atoms with van der Waals surface area (Å²) in [7, 11) is 0. The van der Waals surface area contributed by atoms with Crippen LogP contribution in [0.15, 0.2) is 0 Å². The van der Waals surface area contributed by atoms with Crippen LogP contribution in [-0.4, -0.2) is 23.3 Å². The second kappa shape index (κ2) is 3.11. The average Bonchev–Trinajstić information content (AvgIpc) is 1.63. The lowest BCUT2D eigenvalue weighted by atomic mass is 10.3. The number of halogens is 2. The number of aliphatic carboxylic acids is 1. The van der Waals surface area contributed by atoms with Crippen molar-refractivity contribution >= 4 is 11.8 Å². The van der Waals surface area contributed by atoms with Gasteiger partial charge in [0.1, 0.15) is 6.42 Å². The maximum Gasteiger partial charge on any atom is 0.311 e. The molecule has 0 rings (SSSR count). The molecule has 3 nitrogen and oxygen atoms in total. The largest absolute Gasteiger partial charge is 0.481 e. The van der Waals surface area contributed by atoms with E-state index in [0.717, 1.165) is 0 Å². The quantitative estimate of drug-likeness (QED) is 0.570. The lowest BCUT2D eigenvalue weighted by molar-refractivity contribution is -0.143.